The van der Waals surface area contributed by atoms with Crippen LogP contribution in [0.1, 0.15) is 18.9 Å². The topological polar surface area (TPSA) is 82.4 Å². The fourth-order valence-electron chi connectivity index (χ4n) is 1.77. The molecule has 0 aliphatic rings. The molecule has 0 aliphatic heterocycles. The minimum Gasteiger partial charge on any atom is -0.385 e. The molecule has 0 aliphatic carbocycles. The predicted molar refractivity (Wildman–Crippen MR) is 78.7 cm³/mol. The van der Waals surface area contributed by atoms with Crippen LogP contribution in [0.25, 0.3) is 0 Å². The zero-order chi connectivity index (χ0) is 15.7. The number of carbonyl (C=O) groups excluding carboxylic acids is 2. The molecule has 0 fully saturated rings. The Morgan fingerprint density at radius 3 is 2.81 bits per heavy atom. The van der Waals surface area contributed by atoms with Crippen LogP contribution in [0.3, 0.4) is 0 Å². The van der Waals surface area contributed by atoms with Crippen molar-refractivity contribution >= 4 is 17.5 Å². The second-order valence-corrected chi connectivity index (χ2v) is 4.46. The zero-order valence-electron chi connectivity index (χ0n) is 12.3. The first-order valence-electron chi connectivity index (χ1n) is 6.62. The van der Waals surface area contributed by atoms with E-state index in [4.69, 9.17) is 10.00 Å². The summed E-state index contributed by atoms with van der Waals surface area (Å²) in [4.78, 5) is 24.9. The van der Waals surface area contributed by atoms with Crippen LogP contribution < -0.4 is 10.2 Å². The SMILES string of the molecule is COCCCNC(=O)CN(C(C)=O)c1cccc(C#N)c1. The molecule has 0 atom stereocenters. The van der Waals surface area contributed by atoms with Gasteiger partial charge >= 0.3 is 0 Å². The molecule has 0 heterocycles. The van der Waals surface area contributed by atoms with Crippen molar-refractivity contribution in [2.45, 2.75) is 13.3 Å². The highest BCUT2D eigenvalue weighted by molar-refractivity contribution is 5.97. The predicted octanol–water partition coefficient (Wildman–Crippen LogP) is 1.06. The number of nitrogens with zero attached hydrogens (tertiary/aromatic N) is 2. The maximum Gasteiger partial charge on any atom is 0.240 e. The van der Waals surface area contributed by atoms with Gasteiger partial charge in [0.25, 0.3) is 0 Å². The van der Waals surface area contributed by atoms with Gasteiger partial charge in [-0.3, -0.25) is 9.59 Å². The summed E-state index contributed by atoms with van der Waals surface area (Å²) < 4.78 is 4.89. The summed E-state index contributed by atoms with van der Waals surface area (Å²) in [6, 6.07) is 8.61. The monoisotopic (exact) mass is 289 g/mol. The summed E-state index contributed by atoms with van der Waals surface area (Å²) in [6.45, 7) is 2.38. The van der Waals surface area contributed by atoms with Gasteiger partial charge in [0.15, 0.2) is 0 Å². The molecule has 0 unspecified atom stereocenters. The molecule has 2 amide bonds. The smallest absolute Gasteiger partial charge is 0.240 e. The molecule has 1 aromatic rings. The number of methoxy groups -OCH3 is 1. The maximum absolute atomic E-state index is 11.8. The molecule has 1 aromatic carbocycles. The van der Waals surface area contributed by atoms with E-state index in [0.717, 1.165) is 0 Å². The summed E-state index contributed by atoms with van der Waals surface area (Å²) >= 11 is 0. The third-order valence-corrected chi connectivity index (χ3v) is 2.82. The van der Waals surface area contributed by atoms with Gasteiger partial charge in [0, 0.05) is 32.9 Å². The van der Waals surface area contributed by atoms with E-state index in [2.05, 4.69) is 5.32 Å². The van der Waals surface area contributed by atoms with Crippen molar-refractivity contribution in [1.82, 2.24) is 5.32 Å². The van der Waals surface area contributed by atoms with Crippen molar-refractivity contribution < 1.29 is 14.3 Å². The van der Waals surface area contributed by atoms with Gasteiger partial charge in [0.05, 0.1) is 11.6 Å². The van der Waals surface area contributed by atoms with Crippen molar-refractivity contribution in [3.63, 3.8) is 0 Å². The molecule has 1 rings (SSSR count). The third kappa shape index (κ3) is 5.63. The number of hydrogen-bond acceptors (Lipinski definition) is 4. The average Bonchev–Trinajstić information content (AvgIpc) is 2.49. The lowest BCUT2D eigenvalue weighted by molar-refractivity contribution is -0.123. The number of benzene rings is 1. The van der Waals surface area contributed by atoms with Crippen molar-refractivity contribution in [3.8, 4) is 6.07 Å². The van der Waals surface area contributed by atoms with Crippen LogP contribution in [0.15, 0.2) is 24.3 Å². The van der Waals surface area contributed by atoms with E-state index in [9.17, 15) is 9.59 Å². The van der Waals surface area contributed by atoms with Gasteiger partial charge in [-0.2, -0.15) is 5.26 Å². The molecular formula is C15H19N3O3. The van der Waals surface area contributed by atoms with Gasteiger partial charge in [-0.1, -0.05) is 6.07 Å². The van der Waals surface area contributed by atoms with Gasteiger partial charge in [0.2, 0.25) is 11.8 Å². The first kappa shape index (κ1) is 16.7. The second kappa shape index (κ2) is 8.72. The second-order valence-electron chi connectivity index (χ2n) is 4.46. The lowest BCUT2D eigenvalue weighted by Gasteiger charge is -2.20. The molecule has 0 bridgehead atoms. The largest absolute Gasteiger partial charge is 0.385 e. The van der Waals surface area contributed by atoms with Gasteiger partial charge in [0.1, 0.15) is 6.54 Å². The highest BCUT2D eigenvalue weighted by atomic mass is 16.5. The minimum absolute atomic E-state index is 0.0722. The Labute approximate surface area is 124 Å². The summed E-state index contributed by atoms with van der Waals surface area (Å²) in [5.74, 6) is -0.499. The molecule has 21 heavy (non-hydrogen) atoms. The molecule has 1 N–H and O–H groups in total. The lowest BCUT2D eigenvalue weighted by atomic mass is 10.2. The Bertz CT molecular complexity index is 537. The zero-order valence-corrected chi connectivity index (χ0v) is 12.3. The first-order chi connectivity index (χ1) is 10.1. The third-order valence-electron chi connectivity index (χ3n) is 2.82. The van der Waals surface area contributed by atoms with Gasteiger partial charge < -0.3 is 15.0 Å². The number of rotatable bonds is 7. The Balaban J connectivity index is 2.67. The van der Waals surface area contributed by atoms with Gasteiger partial charge in [-0.15, -0.1) is 0 Å². The average molecular weight is 289 g/mol. The Morgan fingerprint density at radius 1 is 1.43 bits per heavy atom. The van der Waals surface area contributed by atoms with Crippen LogP contribution in [0, 0.1) is 11.3 Å². The van der Waals surface area contributed by atoms with Crippen LogP contribution in [0.5, 0.6) is 0 Å². The standard InChI is InChI=1S/C15H19N3O3/c1-12(19)18(11-15(20)17-7-4-8-21-2)14-6-3-5-13(9-14)10-16/h3,5-6,9H,4,7-8,11H2,1-2H3,(H,17,20). The minimum atomic E-state index is -0.253. The molecule has 0 spiro atoms. The molecular weight excluding hydrogens is 270 g/mol. The van der Waals surface area contributed by atoms with E-state index in [1.807, 2.05) is 6.07 Å². The summed E-state index contributed by atoms with van der Waals surface area (Å²) in [5, 5.41) is 11.6. The summed E-state index contributed by atoms with van der Waals surface area (Å²) in [7, 11) is 1.60. The van der Waals surface area contributed by atoms with Crippen LogP contribution >= 0.6 is 0 Å². The van der Waals surface area contributed by atoms with Crippen molar-refractivity contribution in [1.29, 1.82) is 5.26 Å². The van der Waals surface area contributed by atoms with Crippen LogP contribution in [-0.4, -0.2) is 38.6 Å². The van der Waals surface area contributed by atoms with Gasteiger partial charge in [-0.25, -0.2) is 0 Å². The number of carbonyl (C=O) groups is 2. The molecule has 6 heteroatoms. The van der Waals surface area contributed by atoms with Gasteiger partial charge in [-0.05, 0) is 24.6 Å². The molecule has 0 aromatic heterocycles. The van der Waals surface area contributed by atoms with Crippen LogP contribution in [-0.2, 0) is 14.3 Å². The Hall–Kier alpha value is -2.39. The van der Waals surface area contributed by atoms with Crippen LogP contribution in [0.4, 0.5) is 5.69 Å². The number of hydrogen-bond donors (Lipinski definition) is 1. The fourth-order valence-corrected chi connectivity index (χ4v) is 1.77. The number of anilines is 1. The molecule has 0 radical (unpaired) electrons. The number of ether oxygens (including phenoxy) is 1. The molecule has 0 saturated carbocycles. The highest BCUT2D eigenvalue weighted by Gasteiger charge is 2.15. The number of nitriles is 1. The number of amides is 2. The molecule has 6 nitrogen and oxygen atoms in total. The lowest BCUT2D eigenvalue weighted by Crippen LogP contribution is -2.40. The van der Waals surface area contributed by atoms with E-state index < -0.39 is 0 Å². The van der Waals surface area contributed by atoms with Crippen molar-refractivity contribution in [2.75, 3.05) is 31.7 Å². The Kier molecular flexibility index (Phi) is 6.92. The first-order valence-corrected chi connectivity index (χ1v) is 6.62. The fraction of sp³-hybridized carbons (Fsp3) is 0.400. The number of nitrogens with one attached hydrogen (secondary N) is 1. The Morgan fingerprint density at radius 2 is 2.19 bits per heavy atom. The normalized spacial score (nSPS) is 9.76. The van der Waals surface area contributed by atoms with Crippen LogP contribution in [0.2, 0.25) is 0 Å². The van der Waals surface area contributed by atoms with E-state index in [1.54, 1.807) is 31.4 Å². The van der Waals surface area contributed by atoms with E-state index in [0.29, 0.717) is 30.8 Å². The summed E-state index contributed by atoms with van der Waals surface area (Å²) in [6.07, 6.45) is 0.715. The summed E-state index contributed by atoms with van der Waals surface area (Å²) in [5.41, 5.74) is 0.979. The van der Waals surface area contributed by atoms with E-state index >= 15 is 0 Å². The van der Waals surface area contributed by atoms with Crippen molar-refractivity contribution in [3.05, 3.63) is 29.8 Å². The molecule has 112 valence electrons. The van der Waals surface area contributed by atoms with E-state index in [1.165, 1.54) is 11.8 Å². The highest BCUT2D eigenvalue weighted by Crippen LogP contribution is 2.15. The quantitative estimate of drug-likeness (QED) is 0.761. The van der Waals surface area contributed by atoms with E-state index in [-0.39, 0.29) is 18.4 Å². The maximum atomic E-state index is 11.8. The van der Waals surface area contributed by atoms with Crippen molar-refractivity contribution in [2.24, 2.45) is 0 Å². The molecule has 0 saturated heterocycles.